The van der Waals surface area contributed by atoms with Gasteiger partial charge in [0.1, 0.15) is 11.6 Å². The molecule has 0 aromatic carbocycles. The van der Waals surface area contributed by atoms with Crippen LogP contribution in [0.25, 0.3) is 0 Å². The summed E-state index contributed by atoms with van der Waals surface area (Å²) in [5, 5.41) is 3.13. The quantitative estimate of drug-likeness (QED) is 0.848. The summed E-state index contributed by atoms with van der Waals surface area (Å²) in [6.07, 6.45) is 4.29. The molecule has 0 unspecified atom stereocenters. The average Bonchev–Trinajstić information content (AvgIpc) is 2.27. The van der Waals surface area contributed by atoms with Gasteiger partial charge in [-0.15, -0.1) is 0 Å². The molecule has 0 radical (unpaired) electrons. The largest absolute Gasteiger partial charge is 0.372 e. The summed E-state index contributed by atoms with van der Waals surface area (Å²) in [4.78, 5) is 9.09. The first kappa shape index (κ1) is 12.7. The molecule has 0 aliphatic rings. The van der Waals surface area contributed by atoms with Gasteiger partial charge in [0.2, 0.25) is 0 Å². The summed E-state index contributed by atoms with van der Waals surface area (Å²) in [6.45, 7) is 4.32. The molecule has 0 saturated heterocycles. The molecule has 0 aliphatic carbocycles. The van der Waals surface area contributed by atoms with Gasteiger partial charge in [-0.1, -0.05) is 20.3 Å². The number of anilines is 1. The molecule has 0 amide bonds. The van der Waals surface area contributed by atoms with Crippen LogP contribution < -0.4 is 5.32 Å². The van der Waals surface area contributed by atoms with Gasteiger partial charge in [0.05, 0.1) is 9.26 Å². The number of nitrogens with one attached hydrogen (secondary N) is 1. The molecular weight excluding hydrogens is 301 g/mol. The van der Waals surface area contributed by atoms with Crippen LogP contribution in [0.1, 0.15) is 38.2 Å². The Bertz CT molecular complexity index is 301. The van der Waals surface area contributed by atoms with Crippen molar-refractivity contribution < 1.29 is 0 Å². The second-order valence-corrected chi connectivity index (χ2v) is 4.53. The third-order valence-corrected chi connectivity index (χ3v) is 3.43. The first-order chi connectivity index (χ1) is 7.22. The number of aromatic nitrogens is 2. The molecule has 15 heavy (non-hydrogen) atoms. The van der Waals surface area contributed by atoms with Crippen LogP contribution >= 0.6 is 22.6 Å². The van der Waals surface area contributed by atoms with Crippen LogP contribution in [0, 0.1) is 3.57 Å². The van der Waals surface area contributed by atoms with Crippen LogP contribution in [-0.4, -0.2) is 17.0 Å². The van der Waals surface area contributed by atoms with Crippen molar-refractivity contribution in [2.75, 3.05) is 12.4 Å². The number of aryl methyl sites for hydroxylation is 2. The van der Waals surface area contributed by atoms with Crippen LogP contribution in [0.4, 0.5) is 5.82 Å². The topological polar surface area (TPSA) is 37.8 Å². The third kappa shape index (κ3) is 3.29. The molecule has 1 heterocycles. The number of nitrogens with zero attached hydrogens (tertiary/aromatic N) is 2. The summed E-state index contributed by atoms with van der Waals surface area (Å²) < 4.78 is 1.15. The fourth-order valence-corrected chi connectivity index (χ4v) is 2.28. The van der Waals surface area contributed by atoms with E-state index in [-0.39, 0.29) is 0 Å². The van der Waals surface area contributed by atoms with Crippen molar-refractivity contribution in [3.63, 3.8) is 0 Å². The summed E-state index contributed by atoms with van der Waals surface area (Å²) in [7, 11) is 1.91. The van der Waals surface area contributed by atoms with Crippen molar-refractivity contribution in [1.82, 2.24) is 9.97 Å². The fraction of sp³-hybridized carbons (Fsp3) is 0.636. The van der Waals surface area contributed by atoms with Gasteiger partial charge in [0.25, 0.3) is 0 Å². The van der Waals surface area contributed by atoms with E-state index in [1.807, 2.05) is 7.05 Å². The Kier molecular flexibility index (Phi) is 5.28. The Morgan fingerprint density at radius 1 is 1.27 bits per heavy atom. The summed E-state index contributed by atoms with van der Waals surface area (Å²) in [6, 6.07) is 0. The lowest BCUT2D eigenvalue weighted by atomic mass is 10.2. The Labute approximate surface area is 105 Å². The van der Waals surface area contributed by atoms with Crippen molar-refractivity contribution in [2.45, 2.75) is 39.5 Å². The van der Waals surface area contributed by atoms with E-state index in [0.717, 1.165) is 40.2 Å². The van der Waals surface area contributed by atoms with Crippen molar-refractivity contribution >= 4 is 28.4 Å². The monoisotopic (exact) mass is 319 g/mol. The highest BCUT2D eigenvalue weighted by molar-refractivity contribution is 14.1. The van der Waals surface area contributed by atoms with Gasteiger partial charge in [-0.2, -0.15) is 0 Å². The fourth-order valence-electron chi connectivity index (χ4n) is 1.39. The lowest BCUT2D eigenvalue weighted by molar-refractivity contribution is 0.743. The Morgan fingerprint density at radius 3 is 2.53 bits per heavy atom. The maximum absolute atomic E-state index is 4.58. The number of rotatable bonds is 5. The molecular formula is C11H18IN3. The molecule has 1 aromatic rings. The highest BCUT2D eigenvalue weighted by Gasteiger charge is 2.09. The molecule has 1 aromatic heterocycles. The van der Waals surface area contributed by atoms with Gasteiger partial charge >= 0.3 is 0 Å². The maximum Gasteiger partial charge on any atom is 0.143 e. The maximum atomic E-state index is 4.58. The average molecular weight is 319 g/mol. The molecule has 0 bridgehead atoms. The predicted molar refractivity (Wildman–Crippen MR) is 72.3 cm³/mol. The standard InChI is InChI=1S/C11H18IN3/c1-4-6-7-9-14-8(5-2)10(12)11(13-3)15-9/h4-7H2,1-3H3,(H,13,14,15). The van der Waals surface area contributed by atoms with Gasteiger partial charge in [-0.3, -0.25) is 0 Å². The second-order valence-electron chi connectivity index (χ2n) is 3.46. The molecule has 1 rings (SSSR count). The Morgan fingerprint density at radius 2 is 2.00 bits per heavy atom. The van der Waals surface area contributed by atoms with Crippen LogP contribution in [-0.2, 0) is 12.8 Å². The van der Waals surface area contributed by atoms with Gasteiger partial charge in [-0.05, 0) is 35.4 Å². The number of hydrogen-bond donors (Lipinski definition) is 1. The molecule has 84 valence electrons. The zero-order valence-corrected chi connectivity index (χ0v) is 11.8. The lowest BCUT2D eigenvalue weighted by Crippen LogP contribution is -2.07. The molecule has 0 aliphatic heterocycles. The molecule has 0 atom stereocenters. The van der Waals surface area contributed by atoms with E-state index >= 15 is 0 Å². The number of halogens is 1. The van der Waals surface area contributed by atoms with E-state index in [4.69, 9.17) is 0 Å². The van der Waals surface area contributed by atoms with Crippen LogP contribution in [0.2, 0.25) is 0 Å². The normalized spacial score (nSPS) is 10.4. The highest BCUT2D eigenvalue weighted by atomic mass is 127. The lowest BCUT2D eigenvalue weighted by Gasteiger charge is -2.09. The van der Waals surface area contributed by atoms with Gasteiger partial charge in [0, 0.05) is 13.5 Å². The molecule has 0 saturated carbocycles. The highest BCUT2D eigenvalue weighted by Crippen LogP contribution is 2.19. The van der Waals surface area contributed by atoms with Crippen molar-refractivity contribution in [2.24, 2.45) is 0 Å². The van der Waals surface area contributed by atoms with E-state index in [2.05, 4.69) is 51.7 Å². The van der Waals surface area contributed by atoms with Crippen molar-refractivity contribution in [3.8, 4) is 0 Å². The molecule has 0 fully saturated rings. The summed E-state index contributed by atoms with van der Waals surface area (Å²) >= 11 is 2.31. The van der Waals surface area contributed by atoms with E-state index in [1.54, 1.807) is 0 Å². The first-order valence-electron chi connectivity index (χ1n) is 5.45. The summed E-state index contributed by atoms with van der Waals surface area (Å²) in [5.41, 5.74) is 1.15. The van der Waals surface area contributed by atoms with E-state index in [0.29, 0.717) is 0 Å². The van der Waals surface area contributed by atoms with Crippen molar-refractivity contribution in [1.29, 1.82) is 0 Å². The minimum atomic E-state index is 0.966. The third-order valence-electron chi connectivity index (χ3n) is 2.29. The van der Waals surface area contributed by atoms with Crippen molar-refractivity contribution in [3.05, 3.63) is 15.1 Å². The van der Waals surface area contributed by atoms with E-state index in [9.17, 15) is 0 Å². The van der Waals surface area contributed by atoms with Crippen LogP contribution in [0.15, 0.2) is 0 Å². The zero-order valence-electron chi connectivity index (χ0n) is 9.60. The molecule has 0 spiro atoms. The van der Waals surface area contributed by atoms with Gasteiger partial charge in [-0.25, -0.2) is 9.97 Å². The Hall–Kier alpha value is -0.390. The smallest absolute Gasteiger partial charge is 0.143 e. The van der Waals surface area contributed by atoms with Crippen LogP contribution in [0.5, 0.6) is 0 Å². The number of hydrogen-bond acceptors (Lipinski definition) is 3. The second kappa shape index (κ2) is 6.25. The minimum absolute atomic E-state index is 0.966. The number of unbranched alkanes of at least 4 members (excludes halogenated alkanes) is 1. The first-order valence-corrected chi connectivity index (χ1v) is 6.53. The zero-order chi connectivity index (χ0) is 11.3. The summed E-state index contributed by atoms with van der Waals surface area (Å²) in [5.74, 6) is 1.94. The molecule has 4 heteroatoms. The van der Waals surface area contributed by atoms with E-state index < -0.39 is 0 Å². The van der Waals surface area contributed by atoms with Gasteiger partial charge < -0.3 is 5.32 Å². The predicted octanol–water partition coefficient (Wildman–Crippen LogP) is 3.03. The molecule has 1 N–H and O–H groups in total. The van der Waals surface area contributed by atoms with Gasteiger partial charge in [0.15, 0.2) is 0 Å². The molecule has 3 nitrogen and oxygen atoms in total. The minimum Gasteiger partial charge on any atom is -0.372 e. The van der Waals surface area contributed by atoms with Crippen LogP contribution in [0.3, 0.4) is 0 Å². The Balaban J connectivity index is 2.98. The van der Waals surface area contributed by atoms with E-state index in [1.165, 1.54) is 6.42 Å². The SMILES string of the molecule is CCCCc1nc(CC)c(I)c(NC)n1.